The Morgan fingerprint density at radius 1 is 1.33 bits per heavy atom. The number of hydrogen-bond donors (Lipinski definition) is 3. The smallest absolute Gasteiger partial charge is 0.241 e. The van der Waals surface area contributed by atoms with E-state index in [2.05, 4.69) is 10.0 Å². The molecule has 1 aromatic carbocycles. The van der Waals surface area contributed by atoms with E-state index in [1.165, 1.54) is 13.2 Å². The van der Waals surface area contributed by atoms with Crippen LogP contribution in [0.25, 0.3) is 0 Å². The van der Waals surface area contributed by atoms with Gasteiger partial charge in [0.05, 0.1) is 17.4 Å². The zero-order chi connectivity index (χ0) is 18.5. The molecule has 0 aliphatic carbocycles. The van der Waals surface area contributed by atoms with E-state index in [9.17, 15) is 13.2 Å². The highest BCUT2D eigenvalue weighted by molar-refractivity contribution is 7.89. The highest BCUT2D eigenvalue weighted by atomic mass is 32.2. The lowest BCUT2D eigenvalue weighted by molar-refractivity contribution is -0.118. The molecule has 0 saturated heterocycles. The van der Waals surface area contributed by atoms with Crippen LogP contribution in [0.3, 0.4) is 0 Å². The number of nitrogens with one attached hydrogen (secondary N) is 2. The van der Waals surface area contributed by atoms with Crippen molar-refractivity contribution < 1.29 is 17.9 Å². The van der Waals surface area contributed by atoms with Crippen molar-refractivity contribution in [2.75, 3.05) is 19.0 Å². The molecule has 1 amide bonds. The van der Waals surface area contributed by atoms with E-state index >= 15 is 0 Å². The Morgan fingerprint density at radius 2 is 1.96 bits per heavy atom. The lowest BCUT2D eigenvalue weighted by Crippen LogP contribution is -2.40. The maximum Gasteiger partial charge on any atom is 0.241 e. The van der Waals surface area contributed by atoms with Crippen LogP contribution in [0.5, 0.6) is 0 Å². The Balaban J connectivity index is 3.03. The molecule has 1 aromatic rings. The van der Waals surface area contributed by atoms with E-state index in [-0.39, 0.29) is 29.9 Å². The summed E-state index contributed by atoms with van der Waals surface area (Å²) in [4.78, 5) is 12.2. The summed E-state index contributed by atoms with van der Waals surface area (Å²) in [6.45, 7) is 7.19. The first-order valence-corrected chi connectivity index (χ1v) is 9.15. The fraction of sp³-hybridized carbons (Fsp3) is 0.562. The second-order valence-electron chi connectivity index (χ2n) is 6.63. The zero-order valence-electron chi connectivity index (χ0n) is 14.8. The summed E-state index contributed by atoms with van der Waals surface area (Å²) in [6, 6.07) is 4.76. The van der Waals surface area contributed by atoms with Gasteiger partial charge in [0.25, 0.3) is 0 Å². The monoisotopic (exact) mass is 357 g/mol. The van der Waals surface area contributed by atoms with Gasteiger partial charge >= 0.3 is 0 Å². The zero-order valence-corrected chi connectivity index (χ0v) is 15.7. The minimum absolute atomic E-state index is 0.101. The van der Waals surface area contributed by atoms with Gasteiger partial charge in [-0.25, -0.2) is 13.1 Å². The van der Waals surface area contributed by atoms with E-state index < -0.39 is 15.6 Å². The van der Waals surface area contributed by atoms with Crippen LogP contribution in [0, 0.1) is 6.92 Å². The number of methoxy groups -OCH3 is 1. The molecule has 0 heterocycles. The summed E-state index contributed by atoms with van der Waals surface area (Å²) in [6.07, 6.45) is -0.274. The third-order valence-corrected chi connectivity index (χ3v) is 5.20. The molecule has 24 heavy (non-hydrogen) atoms. The molecule has 8 heteroatoms. The summed E-state index contributed by atoms with van der Waals surface area (Å²) >= 11 is 0. The Labute approximate surface area is 144 Å². The molecule has 0 radical (unpaired) electrons. The Kier molecular flexibility index (Phi) is 6.91. The first-order chi connectivity index (χ1) is 11.0. The Hall–Kier alpha value is -1.48. The van der Waals surface area contributed by atoms with Crippen LogP contribution in [0.2, 0.25) is 0 Å². The van der Waals surface area contributed by atoms with Gasteiger partial charge in [-0.05, 0) is 45.4 Å². The number of hydrogen-bond acceptors (Lipinski definition) is 5. The molecule has 7 nitrogen and oxygen atoms in total. The van der Waals surface area contributed by atoms with Gasteiger partial charge in [0, 0.05) is 24.9 Å². The topological polar surface area (TPSA) is 111 Å². The molecule has 0 aromatic heterocycles. The van der Waals surface area contributed by atoms with Crippen LogP contribution >= 0.6 is 0 Å². The van der Waals surface area contributed by atoms with Crippen molar-refractivity contribution in [3.63, 3.8) is 0 Å². The van der Waals surface area contributed by atoms with Crippen LogP contribution < -0.4 is 15.8 Å². The third-order valence-electron chi connectivity index (χ3n) is 3.30. The number of sulfonamides is 1. The fourth-order valence-corrected chi connectivity index (χ4v) is 3.86. The number of carbonyl (C=O) groups is 1. The second-order valence-corrected chi connectivity index (χ2v) is 8.28. The number of amides is 1. The van der Waals surface area contributed by atoms with E-state index in [1.54, 1.807) is 39.8 Å². The first-order valence-electron chi connectivity index (χ1n) is 7.66. The van der Waals surface area contributed by atoms with Crippen LogP contribution in [0.4, 0.5) is 5.69 Å². The molecule has 0 bridgehead atoms. The molecule has 0 aliphatic rings. The maximum atomic E-state index is 12.5. The number of benzene rings is 1. The fourth-order valence-electron chi connectivity index (χ4n) is 2.17. The minimum atomic E-state index is -3.69. The van der Waals surface area contributed by atoms with Crippen LogP contribution in [-0.2, 0) is 19.6 Å². The predicted molar refractivity (Wildman–Crippen MR) is 94.4 cm³/mol. The Morgan fingerprint density at radius 3 is 2.46 bits per heavy atom. The van der Waals surface area contributed by atoms with Crippen LogP contribution in [0.15, 0.2) is 23.1 Å². The largest absolute Gasteiger partial charge is 0.380 e. The molecule has 4 N–H and O–H groups in total. The first kappa shape index (κ1) is 20.6. The summed E-state index contributed by atoms with van der Waals surface area (Å²) in [5.74, 6) is -0.284. The lowest BCUT2D eigenvalue weighted by atomic mass is 10.1. The van der Waals surface area contributed by atoms with Crippen molar-refractivity contribution in [2.45, 2.75) is 50.7 Å². The molecule has 1 rings (SSSR count). The summed E-state index contributed by atoms with van der Waals surface area (Å²) in [5.41, 5.74) is 5.83. The molecule has 1 unspecified atom stereocenters. The number of ether oxygens (including phenoxy) is 1. The maximum absolute atomic E-state index is 12.5. The van der Waals surface area contributed by atoms with Gasteiger partial charge in [-0.3, -0.25) is 4.79 Å². The standard InChI is InChI=1S/C16H27N3O4S/c1-11-13(18-15(20)9-12(10-17)23-5)7-6-8-14(11)24(21,22)19-16(2,3)4/h6-8,12,19H,9-10,17H2,1-5H3,(H,18,20). The van der Waals surface area contributed by atoms with Gasteiger partial charge < -0.3 is 15.8 Å². The van der Waals surface area contributed by atoms with Gasteiger partial charge in [0.15, 0.2) is 0 Å². The van der Waals surface area contributed by atoms with Crippen molar-refractivity contribution in [2.24, 2.45) is 5.73 Å². The van der Waals surface area contributed by atoms with Crippen molar-refractivity contribution in [3.05, 3.63) is 23.8 Å². The summed E-state index contributed by atoms with van der Waals surface area (Å²) in [5, 5.41) is 2.72. The molecule has 0 saturated carbocycles. The van der Waals surface area contributed by atoms with Crippen LogP contribution in [-0.4, -0.2) is 39.6 Å². The number of anilines is 1. The summed E-state index contributed by atoms with van der Waals surface area (Å²) in [7, 11) is -2.20. The van der Waals surface area contributed by atoms with E-state index in [1.807, 2.05) is 0 Å². The average molecular weight is 357 g/mol. The molecule has 1 atom stereocenters. The molecule has 0 aliphatic heterocycles. The van der Waals surface area contributed by atoms with Crippen molar-refractivity contribution in [1.29, 1.82) is 0 Å². The predicted octanol–water partition coefficient (Wildman–Crippen LogP) is 1.37. The third kappa shape index (κ3) is 5.86. The Bertz CT molecular complexity index is 677. The van der Waals surface area contributed by atoms with Gasteiger partial charge in [-0.15, -0.1) is 0 Å². The lowest BCUT2D eigenvalue weighted by Gasteiger charge is -2.22. The highest BCUT2D eigenvalue weighted by Gasteiger charge is 2.24. The summed E-state index contributed by atoms with van der Waals surface area (Å²) < 4.78 is 32.7. The normalized spacial score (nSPS) is 13.6. The SMILES string of the molecule is COC(CN)CC(=O)Nc1cccc(S(=O)(=O)NC(C)(C)C)c1C. The molecule has 136 valence electrons. The molecule has 0 fully saturated rings. The van der Waals surface area contributed by atoms with Gasteiger partial charge in [-0.2, -0.15) is 0 Å². The highest BCUT2D eigenvalue weighted by Crippen LogP contribution is 2.24. The second kappa shape index (κ2) is 8.06. The van der Waals surface area contributed by atoms with Crippen molar-refractivity contribution in [1.82, 2.24) is 4.72 Å². The van der Waals surface area contributed by atoms with Crippen molar-refractivity contribution in [3.8, 4) is 0 Å². The number of carbonyl (C=O) groups excluding carboxylic acids is 1. The number of rotatable bonds is 7. The van der Waals surface area contributed by atoms with Crippen LogP contribution in [0.1, 0.15) is 32.8 Å². The van der Waals surface area contributed by atoms with E-state index in [4.69, 9.17) is 10.5 Å². The number of nitrogens with two attached hydrogens (primary N) is 1. The molecular weight excluding hydrogens is 330 g/mol. The molecular formula is C16H27N3O4S. The van der Waals surface area contributed by atoms with Gasteiger partial charge in [0.1, 0.15) is 0 Å². The molecule has 0 spiro atoms. The van der Waals surface area contributed by atoms with E-state index in [0.717, 1.165) is 0 Å². The average Bonchev–Trinajstić information content (AvgIpc) is 2.44. The quantitative estimate of drug-likeness (QED) is 0.683. The van der Waals surface area contributed by atoms with Crippen molar-refractivity contribution >= 4 is 21.6 Å². The van der Waals surface area contributed by atoms with Gasteiger partial charge in [0.2, 0.25) is 15.9 Å². The minimum Gasteiger partial charge on any atom is -0.380 e. The van der Waals surface area contributed by atoms with E-state index in [0.29, 0.717) is 11.3 Å². The van der Waals surface area contributed by atoms with Gasteiger partial charge in [-0.1, -0.05) is 6.07 Å².